The second kappa shape index (κ2) is 7.52. The van der Waals surface area contributed by atoms with Gasteiger partial charge in [-0.2, -0.15) is 13.2 Å². The normalized spacial score (nSPS) is 13.6. The van der Waals surface area contributed by atoms with E-state index in [1.54, 1.807) is 6.92 Å². The minimum Gasteiger partial charge on any atom is -0.465 e. The van der Waals surface area contributed by atoms with Crippen molar-refractivity contribution in [1.82, 2.24) is 0 Å². The van der Waals surface area contributed by atoms with Crippen molar-refractivity contribution < 1.29 is 22.7 Å². The van der Waals surface area contributed by atoms with Crippen molar-refractivity contribution >= 4 is 5.97 Å². The number of rotatable bonds is 7. The van der Waals surface area contributed by atoms with Crippen LogP contribution in [0.15, 0.2) is 0 Å². The second-order valence-electron chi connectivity index (χ2n) is 3.90. The summed E-state index contributed by atoms with van der Waals surface area (Å²) >= 11 is 0. The van der Waals surface area contributed by atoms with Crippen LogP contribution in [0.1, 0.15) is 46.0 Å². The third kappa shape index (κ3) is 8.56. The predicted molar refractivity (Wildman–Crippen MR) is 54.9 cm³/mol. The lowest BCUT2D eigenvalue weighted by Gasteiger charge is -2.09. The number of halogens is 3. The maximum Gasteiger partial charge on any atom is 0.389 e. The Morgan fingerprint density at radius 1 is 1.25 bits per heavy atom. The summed E-state index contributed by atoms with van der Waals surface area (Å²) in [6.07, 6.45) is -3.08. The highest BCUT2D eigenvalue weighted by Crippen LogP contribution is 2.22. The minimum absolute atomic E-state index is 0.102. The van der Waals surface area contributed by atoms with E-state index in [-0.39, 0.29) is 24.9 Å². The molecular weight excluding hydrogens is 221 g/mol. The van der Waals surface area contributed by atoms with Gasteiger partial charge in [-0.25, -0.2) is 0 Å². The van der Waals surface area contributed by atoms with Crippen LogP contribution in [0.5, 0.6) is 0 Å². The standard InChI is InChI=1S/C11H19F3O2/c1-3-9(2)10(15)16-8-6-4-5-7-11(12,13)14/h9H,3-8H2,1-2H3. The summed E-state index contributed by atoms with van der Waals surface area (Å²) in [6, 6.07) is 0. The highest BCUT2D eigenvalue weighted by molar-refractivity contribution is 5.71. The lowest BCUT2D eigenvalue weighted by atomic mass is 10.1. The van der Waals surface area contributed by atoms with E-state index in [0.717, 1.165) is 0 Å². The van der Waals surface area contributed by atoms with Crippen LogP contribution in [0.3, 0.4) is 0 Å². The first-order chi connectivity index (χ1) is 7.37. The van der Waals surface area contributed by atoms with Gasteiger partial charge < -0.3 is 4.74 Å². The van der Waals surface area contributed by atoms with E-state index in [2.05, 4.69) is 0 Å². The van der Waals surface area contributed by atoms with E-state index in [1.165, 1.54) is 0 Å². The summed E-state index contributed by atoms with van der Waals surface area (Å²) in [5, 5.41) is 0. The van der Waals surface area contributed by atoms with Gasteiger partial charge in [0.2, 0.25) is 0 Å². The number of alkyl halides is 3. The average Bonchev–Trinajstić information content (AvgIpc) is 2.20. The topological polar surface area (TPSA) is 26.3 Å². The Bertz CT molecular complexity index is 202. The largest absolute Gasteiger partial charge is 0.465 e. The number of hydrogen-bond acceptors (Lipinski definition) is 2. The van der Waals surface area contributed by atoms with Gasteiger partial charge in [-0.15, -0.1) is 0 Å². The summed E-state index contributed by atoms with van der Waals surface area (Å²) < 4.78 is 40.2. The van der Waals surface area contributed by atoms with Gasteiger partial charge in [0, 0.05) is 6.42 Å². The Balaban J connectivity index is 3.37. The molecule has 0 saturated heterocycles. The van der Waals surface area contributed by atoms with Crippen LogP contribution in [0.25, 0.3) is 0 Å². The number of hydrogen-bond donors (Lipinski definition) is 0. The van der Waals surface area contributed by atoms with Crippen LogP contribution in [-0.2, 0) is 9.53 Å². The van der Waals surface area contributed by atoms with E-state index in [0.29, 0.717) is 19.3 Å². The first-order valence-electron chi connectivity index (χ1n) is 5.60. The number of esters is 1. The molecule has 5 heteroatoms. The molecule has 0 radical (unpaired) electrons. The average molecular weight is 240 g/mol. The maximum absolute atomic E-state index is 11.8. The van der Waals surface area contributed by atoms with Gasteiger partial charge in [0.05, 0.1) is 12.5 Å². The van der Waals surface area contributed by atoms with Crippen LogP contribution in [-0.4, -0.2) is 18.8 Å². The highest BCUT2D eigenvalue weighted by Gasteiger charge is 2.25. The van der Waals surface area contributed by atoms with Crippen LogP contribution in [0.2, 0.25) is 0 Å². The maximum atomic E-state index is 11.8. The Hall–Kier alpha value is -0.740. The van der Waals surface area contributed by atoms with Crippen LogP contribution >= 0.6 is 0 Å². The second-order valence-corrected chi connectivity index (χ2v) is 3.90. The summed E-state index contributed by atoms with van der Waals surface area (Å²) in [6.45, 7) is 3.88. The van der Waals surface area contributed by atoms with Crippen molar-refractivity contribution in [3.63, 3.8) is 0 Å². The molecule has 0 spiro atoms. The predicted octanol–water partition coefficient (Wildman–Crippen LogP) is 3.70. The van der Waals surface area contributed by atoms with E-state index >= 15 is 0 Å². The first-order valence-corrected chi connectivity index (χ1v) is 5.60. The van der Waals surface area contributed by atoms with Crippen LogP contribution in [0, 0.1) is 5.92 Å². The van der Waals surface area contributed by atoms with Crippen molar-refractivity contribution in [2.24, 2.45) is 5.92 Å². The van der Waals surface area contributed by atoms with E-state index in [9.17, 15) is 18.0 Å². The van der Waals surface area contributed by atoms with Gasteiger partial charge in [0.25, 0.3) is 0 Å². The molecule has 1 unspecified atom stereocenters. The SMILES string of the molecule is CCC(C)C(=O)OCCCCCC(F)(F)F. The van der Waals surface area contributed by atoms with E-state index < -0.39 is 12.6 Å². The number of unbranched alkanes of at least 4 members (excludes halogenated alkanes) is 2. The summed E-state index contributed by atoms with van der Waals surface area (Å²) in [7, 11) is 0. The fourth-order valence-corrected chi connectivity index (χ4v) is 1.09. The monoisotopic (exact) mass is 240 g/mol. The van der Waals surface area contributed by atoms with Gasteiger partial charge in [0.1, 0.15) is 0 Å². The lowest BCUT2D eigenvalue weighted by molar-refractivity contribution is -0.148. The first kappa shape index (κ1) is 15.3. The number of ether oxygens (including phenoxy) is 1. The van der Waals surface area contributed by atoms with Gasteiger partial charge in [-0.3, -0.25) is 4.79 Å². The lowest BCUT2D eigenvalue weighted by Crippen LogP contribution is -2.14. The van der Waals surface area contributed by atoms with Crippen LogP contribution < -0.4 is 0 Å². The summed E-state index contributed by atoms with van der Waals surface area (Å²) in [5.74, 6) is -0.395. The van der Waals surface area contributed by atoms with Crippen LogP contribution in [0.4, 0.5) is 13.2 Å². The Kier molecular flexibility index (Phi) is 7.17. The van der Waals surface area contributed by atoms with Crippen molar-refractivity contribution in [2.75, 3.05) is 6.61 Å². The molecule has 0 aromatic carbocycles. The molecule has 2 nitrogen and oxygen atoms in total. The molecule has 0 aromatic heterocycles. The molecule has 0 aliphatic carbocycles. The Morgan fingerprint density at radius 2 is 1.88 bits per heavy atom. The summed E-state index contributed by atoms with van der Waals surface area (Å²) in [5.41, 5.74) is 0. The molecule has 1 atom stereocenters. The molecule has 96 valence electrons. The molecule has 0 amide bonds. The van der Waals surface area contributed by atoms with E-state index in [1.807, 2.05) is 6.92 Å². The van der Waals surface area contributed by atoms with Crippen molar-refractivity contribution in [3.8, 4) is 0 Å². The Labute approximate surface area is 94.2 Å². The van der Waals surface area contributed by atoms with Gasteiger partial charge in [0.15, 0.2) is 0 Å². The quantitative estimate of drug-likeness (QED) is 0.501. The molecule has 0 rings (SSSR count). The summed E-state index contributed by atoms with van der Waals surface area (Å²) in [4.78, 5) is 11.2. The zero-order chi connectivity index (χ0) is 12.6. The molecule has 0 saturated carbocycles. The smallest absolute Gasteiger partial charge is 0.389 e. The van der Waals surface area contributed by atoms with Gasteiger partial charge >= 0.3 is 12.1 Å². The third-order valence-corrected chi connectivity index (χ3v) is 2.36. The highest BCUT2D eigenvalue weighted by atomic mass is 19.4. The Morgan fingerprint density at radius 3 is 2.38 bits per heavy atom. The molecule has 0 aromatic rings. The minimum atomic E-state index is -4.08. The molecule has 0 aliphatic rings. The van der Waals surface area contributed by atoms with Gasteiger partial charge in [-0.1, -0.05) is 13.8 Å². The zero-order valence-electron chi connectivity index (χ0n) is 9.77. The molecule has 0 heterocycles. The van der Waals surface area contributed by atoms with E-state index in [4.69, 9.17) is 4.74 Å². The van der Waals surface area contributed by atoms with Crippen molar-refractivity contribution in [1.29, 1.82) is 0 Å². The molecule has 16 heavy (non-hydrogen) atoms. The molecular formula is C11H19F3O2. The fourth-order valence-electron chi connectivity index (χ4n) is 1.09. The number of carbonyl (C=O) groups excluding carboxylic acids is 1. The zero-order valence-corrected chi connectivity index (χ0v) is 9.77. The third-order valence-electron chi connectivity index (χ3n) is 2.36. The fraction of sp³-hybridized carbons (Fsp3) is 0.909. The van der Waals surface area contributed by atoms with Crippen molar-refractivity contribution in [3.05, 3.63) is 0 Å². The van der Waals surface area contributed by atoms with Crippen molar-refractivity contribution in [2.45, 2.75) is 52.1 Å². The van der Waals surface area contributed by atoms with Gasteiger partial charge in [-0.05, 0) is 25.7 Å². The molecule has 0 N–H and O–H groups in total. The molecule has 0 aliphatic heterocycles. The molecule has 0 fully saturated rings. The molecule has 0 bridgehead atoms. The number of carbonyl (C=O) groups is 1.